The fourth-order valence-corrected chi connectivity index (χ4v) is 1.69. The molecule has 0 aromatic heterocycles. The van der Waals surface area contributed by atoms with E-state index in [0.29, 0.717) is 19.3 Å². The number of allylic oxidation sites excluding steroid dienone is 3. The molecule has 1 unspecified atom stereocenters. The third-order valence-electron chi connectivity index (χ3n) is 2.31. The molecule has 0 N–H and O–H groups in total. The van der Waals surface area contributed by atoms with Crippen molar-refractivity contribution in [3.63, 3.8) is 0 Å². The molecule has 0 radical (unpaired) electrons. The first kappa shape index (κ1) is 8.57. The third kappa shape index (κ3) is 1.68. The molecule has 0 fully saturated rings. The second-order valence-corrected chi connectivity index (χ2v) is 3.53. The van der Waals surface area contributed by atoms with Gasteiger partial charge in [-0.3, -0.25) is 0 Å². The summed E-state index contributed by atoms with van der Waals surface area (Å²) >= 11 is 0. The predicted molar refractivity (Wildman–Crippen MR) is 51.0 cm³/mol. The molecule has 1 aliphatic carbocycles. The normalized spacial score (nSPS) is 27.5. The van der Waals surface area contributed by atoms with Crippen molar-refractivity contribution in [1.82, 2.24) is 0 Å². The average molecular weight is 178 g/mol. The first-order valence-electron chi connectivity index (χ1n) is 4.58. The van der Waals surface area contributed by atoms with Gasteiger partial charge in [-0.2, -0.15) is 0 Å². The standard InChI is InChI=1S/C11H14O2/c1-8-3-4-10-6-12-7-13-11(10)9(2)5-8/h3-5,8H,6-7H2,1-2H3. The Hall–Kier alpha value is -1.02. The van der Waals surface area contributed by atoms with Gasteiger partial charge in [0.1, 0.15) is 5.76 Å². The summed E-state index contributed by atoms with van der Waals surface area (Å²) in [5, 5.41) is 0. The van der Waals surface area contributed by atoms with Gasteiger partial charge in [-0.1, -0.05) is 25.2 Å². The molecule has 0 saturated heterocycles. The largest absolute Gasteiger partial charge is 0.467 e. The van der Waals surface area contributed by atoms with Crippen LogP contribution in [0.2, 0.25) is 0 Å². The van der Waals surface area contributed by atoms with Gasteiger partial charge in [-0.25, -0.2) is 0 Å². The molecule has 2 nitrogen and oxygen atoms in total. The zero-order valence-electron chi connectivity index (χ0n) is 8.04. The predicted octanol–water partition coefficient (Wildman–Crippen LogP) is 2.40. The lowest BCUT2D eigenvalue weighted by Gasteiger charge is -2.19. The molecule has 13 heavy (non-hydrogen) atoms. The maximum Gasteiger partial charge on any atom is 0.189 e. The fraction of sp³-hybridized carbons (Fsp3) is 0.455. The fourth-order valence-electron chi connectivity index (χ4n) is 1.69. The van der Waals surface area contributed by atoms with Crippen LogP contribution in [0.1, 0.15) is 13.8 Å². The van der Waals surface area contributed by atoms with E-state index in [1.54, 1.807) is 0 Å². The van der Waals surface area contributed by atoms with E-state index in [-0.39, 0.29) is 0 Å². The van der Waals surface area contributed by atoms with Crippen LogP contribution in [-0.2, 0) is 9.47 Å². The van der Waals surface area contributed by atoms with Crippen LogP contribution in [0.4, 0.5) is 0 Å². The van der Waals surface area contributed by atoms with Gasteiger partial charge >= 0.3 is 0 Å². The lowest BCUT2D eigenvalue weighted by molar-refractivity contribution is -0.0308. The number of hydrogen-bond donors (Lipinski definition) is 0. The molecule has 0 spiro atoms. The van der Waals surface area contributed by atoms with Gasteiger partial charge in [0.25, 0.3) is 0 Å². The minimum absolute atomic E-state index is 0.381. The van der Waals surface area contributed by atoms with Crippen LogP contribution in [0.3, 0.4) is 0 Å². The van der Waals surface area contributed by atoms with E-state index < -0.39 is 0 Å². The van der Waals surface area contributed by atoms with E-state index in [2.05, 4.69) is 32.1 Å². The Morgan fingerprint density at radius 3 is 3.15 bits per heavy atom. The highest BCUT2D eigenvalue weighted by Crippen LogP contribution is 2.25. The molecule has 1 aliphatic heterocycles. The zero-order chi connectivity index (χ0) is 9.26. The monoisotopic (exact) mass is 178 g/mol. The molecule has 2 aliphatic rings. The van der Waals surface area contributed by atoms with Crippen LogP contribution in [0.25, 0.3) is 0 Å². The van der Waals surface area contributed by atoms with E-state index in [1.807, 2.05) is 0 Å². The zero-order valence-corrected chi connectivity index (χ0v) is 8.04. The van der Waals surface area contributed by atoms with Crippen LogP contribution in [0, 0.1) is 5.92 Å². The maximum absolute atomic E-state index is 5.46. The van der Waals surface area contributed by atoms with Gasteiger partial charge in [-0.05, 0) is 18.4 Å². The van der Waals surface area contributed by atoms with Gasteiger partial charge in [0.2, 0.25) is 0 Å². The Bertz CT molecular complexity index is 297. The molecular formula is C11H14O2. The Balaban J connectivity index is 2.38. The quantitative estimate of drug-likeness (QED) is 0.567. The lowest BCUT2D eigenvalue weighted by atomic mass is 10.1. The van der Waals surface area contributed by atoms with Crippen molar-refractivity contribution >= 4 is 0 Å². The minimum Gasteiger partial charge on any atom is -0.467 e. The molecule has 1 atom stereocenters. The number of rotatable bonds is 0. The second kappa shape index (κ2) is 3.38. The van der Waals surface area contributed by atoms with Gasteiger partial charge in [0, 0.05) is 5.57 Å². The van der Waals surface area contributed by atoms with Crippen molar-refractivity contribution in [2.75, 3.05) is 13.4 Å². The summed E-state index contributed by atoms with van der Waals surface area (Å²) in [4.78, 5) is 0. The third-order valence-corrected chi connectivity index (χ3v) is 2.31. The molecule has 0 saturated carbocycles. The van der Waals surface area contributed by atoms with Crippen molar-refractivity contribution in [1.29, 1.82) is 0 Å². The second-order valence-electron chi connectivity index (χ2n) is 3.53. The van der Waals surface area contributed by atoms with Crippen molar-refractivity contribution in [2.45, 2.75) is 13.8 Å². The topological polar surface area (TPSA) is 18.5 Å². The Morgan fingerprint density at radius 2 is 2.31 bits per heavy atom. The first-order chi connectivity index (χ1) is 6.27. The minimum atomic E-state index is 0.381. The van der Waals surface area contributed by atoms with Crippen LogP contribution in [0.15, 0.2) is 35.1 Å². The average Bonchev–Trinajstić information content (AvgIpc) is 2.27. The number of hydrogen-bond acceptors (Lipinski definition) is 2. The van der Waals surface area contributed by atoms with Gasteiger partial charge in [-0.15, -0.1) is 0 Å². The lowest BCUT2D eigenvalue weighted by Crippen LogP contribution is -2.13. The Morgan fingerprint density at radius 1 is 1.46 bits per heavy atom. The maximum atomic E-state index is 5.46. The first-order valence-corrected chi connectivity index (χ1v) is 4.58. The highest BCUT2D eigenvalue weighted by atomic mass is 16.7. The summed E-state index contributed by atoms with van der Waals surface area (Å²) in [6.45, 7) is 5.30. The van der Waals surface area contributed by atoms with Crippen LogP contribution in [0.5, 0.6) is 0 Å². The SMILES string of the molecule is CC1=CC(C)C=CC2=C1OCOC2. The molecule has 0 aromatic carbocycles. The van der Waals surface area contributed by atoms with E-state index >= 15 is 0 Å². The Labute approximate surface area is 78.5 Å². The number of ether oxygens (including phenoxy) is 2. The molecule has 2 heteroatoms. The molecule has 0 bridgehead atoms. The van der Waals surface area contributed by atoms with Crippen LogP contribution >= 0.6 is 0 Å². The Kier molecular flexibility index (Phi) is 2.23. The van der Waals surface area contributed by atoms with Crippen molar-refractivity contribution < 1.29 is 9.47 Å². The van der Waals surface area contributed by atoms with Crippen molar-refractivity contribution in [3.8, 4) is 0 Å². The van der Waals surface area contributed by atoms with Crippen molar-refractivity contribution in [2.24, 2.45) is 5.92 Å². The van der Waals surface area contributed by atoms with Crippen molar-refractivity contribution in [3.05, 3.63) is 35.1 Å². The molecule has 2 rings (SSSR count). The van der Waals surface area contributed by atoms with E-state index in [4.69, 9.17) is 9.47 Å². The highest BCUT2D eigenvalue weighted by Gasteiger charge is 2.16. The molecule has 70 valence electrons. The molecule has 1 heterocycles. The molecular weight excluding hydrogens is 164 g/mol. The van der Waals surface area contributed by atoms with E-state index in [1.165, 1.54) is 5.57 Å². The highest BCUT2D eigenvalue weighted by molar-refractivity contribution is 5.39. The van der Waals surface area contributed by atoms with Crippen LogP contribution in [-0.4, -0.2) is 13.4 Å². The van der Waals surface area contributed by atoms with Gasteiger partial charge in [0.15, 0.2) is 6.79 Å². The summed E-state index contributed by atoms with van der Waals surface area (Å²) in [5.74, 6) is 1.49. The summed E-state index contributed by atoms with van der Waals surface area (Å²) in [5.41, 5.74) is 2.38. The smallest absolute Gasteiger partial charge is 0.189 e. The van der Waals surface area contributed by atoms with Gasteiger partial charge in [0.05, 0.1) is 6.61 Å². The van der Waals surface area contributed by atoms with Crippen LogP contribution < -0.4 is 0 Å². The van der Waals surface area contributed by atoms with E-state index in [9.17, 15) is 0 Å². The van der Waals surface area contributed by atoms with Gasteiger partial charge < -0.3 is 9.47 Å². The molecule has 0 amide bonds. The van der Waals surface area contributed by atoms with E-state index in [0.717, 1.165) is 11.3 Å². The molecule has 0 aromatic rings. The summed E-state index contributed by atoms with van der Waals surface area (Å²) in [6.07, 6.45) is 6.49. The summed E-state index contributed by atoms with van der Waals surface area (Å²) < 4.78 is 10.7. The summed E-state index contributed by atoms with van der Waals surface area (Å²) in [7, 11) is 0. The summed E-state index contributed by atoms with van der Waals surface area (Å²) in [6, 6.07) is 0.